The van der Waals surface area contributed by atoms with E-state index in [2.05, 4.69) is 33.0 Å². The summed E-state index contributed by atoms with van der Waals surface area (Å²) in [6.45, 7) is 0. The Morgan fingerprint density at radius 2 is 2.00 bits per heavy atom. The van der Waals surface area contributed by atoms with E-state index < -0.39 is 0 Å². The first kappa shape index (κ1) is 12.8. The van der Waals surface area contributed by atoms with Crippen molar-refractivity contribution in [3.05, 3.63) is 58.3 Å². The lowest BCUT2D eigenvalue weighted by atomic mass is 10.1. The minimum absolute atomic E-state index is 0.301. The fourth-order valence-corrected chi connectivity index (χ4v) is 3.31. The zero-order chi connectivity index (χ0) is 14.6. The number of nitrogens with zero attached hydrogens (tertiary/aromatic N) is 2. The summed E-state index contributed by atoms with van der Waals surface area (Å²) in [5.41, 5.74) is 8.84. The molecule has 21 heavy (non-hydrogen) atoms. The number of rotatable bonds is 2. The number of imidazole rings is 1. The van der Waals surface area contributed by atoms with Crippen LogP contribution in [-0.4, -0.2) is 9.55 Å². The van der Waals surface area contributed by atoms with E-state index in [9.17, 15) is 4.39 Å². The Labute approximate surface area is 129 Å². The van der Waals surface area contributed by atoms with E-state index in [1.165, 1.54) is 11.6 Å². The second kappa shape index (κ2) is 4.56. The molecule has 0 aliphatic heterocycles. The van der Waals surface area contributed by atoms with Gasteiger partial charge in [0.1, 0.15) is 5.82 Å². The number of fused-ring (bicyclic) bond motifs is 1. The van der Waals surface area contributed by atoms with Crippen LogP contribution in [0.1, 0.15) is 23.9 Å². The van der Waals surface area contributed by atoms with Crippen molar-refractivity contribution in [1.82, 2.24) is 9.55 Å². The lowest BCUT2D eigenvalue weighted by molar-refractivity contribution is 0.622. The summed E-state index contributed by atoms with van der Waals surface area (Å²) in [5, 5.41) is 0. The van der Waals surface area contributed by atoms with Crippen molar-refractivity contribution >= 4 is 32.9 Å². The molecule has 1 aromatic heterocycles. The molecule has 1 heterocycles. The van der Waals surface area contributed by atoms with E-state index in [0.717, 1.165) is 11.9 Å². The van der Waals surface area contributed by atoms with Gasteiger partial charge in [-0.25, -0.2) is 9.37 Å². The Morgan fingerprint density at radius 3 is 2.76 bits per heavy atom. The first-order valence-corrected chi connectivity index (χ1v) is 7.62. The number of hydrogen-bond acceptors (Lipinski definition) is 2. The van der Waals surface area contributed by atoms with Gasteiger partial charge >= 0.3 is 0 Å². The van der Waals surface area contributed by atoms with Crippen LogP contribution in [0.5, 0.6) is 0 Å². The maximum Gasteiger partial charge on any atom is 0.201 e. The van der Waals surface area contributed by atoms with Crippen LogP contribution < -0.4 is 5.73 Å². The maximum absolute atomic E-state index is 13.6. The predicted octanol–water partition coefficient (Wildman–Crippen LogP) is 4.25. The van der Waals surface area contributed by atoms with E-state index >= 15 is 0 Å². The van der Waals surface area contributed by atoms with Gasteiger partial charge in [0.2, 0.25) is 5.95 Å². The molecule has 5 heteroatoms. The van der Waals surface area contributed by atoms with E-state index in [0.29, 0.717) is 27.9 Å². The molecular weight excluding hydrogens is 333 g/mol. The Morgan fingerprint density at radius 1 is 1.24 bits per heavy atom. The Hall–Kier alpha value is -1.88. The van der Waals surface area contributed by atoms with E-state index in [1.807, 2.05) is 22.8 Å². The smallest absolute Gasteiger partial charge is 0.201 e. The third kappa shape index (κ3) is 2.03. The molecule has 2 unspecified atom stereocenters. The number of nitrogens with two attached hydrogens (primary N) is 1. The van der Waals surface area contributed by atoms with Crippen molar-refractivity contribution in [3.63, 3.8) is 0 Å². The summed E-state index contributed by atoms with van der Waals surface area (Å²) in [7, 11) is 0. The number of halogens is 2. The van der Waals surface area contributed by atoms with Gasteiger partial charge in [-0.1, -0.05) is 30.3 Å². The number of anilines is 1. The van der Waals surface area contributed by atoms with Crippen molar-refractivity contribution in [2.24, 2.45) is 0 Å². The molecule has 0 bridgehead atoms. The van der Waals surface area contributed by atoms with Crippen LogP contribution in [0.25, 0.3) is 11.0 Å². The predicted molar refractivity (Wildman–Crippen MR) is 84.6 cm³/mol. The van der Waals surface area contributed by atoms with Crippen molar-refractivity contribution in [1.29, 1.82) is 0 Å². The molecule has 0 radical (unpaired) electrons. The fraction of sp³-hybridized carbons (Fsp3) is 0.188. The maximum atomic E-state index is 13.6. The standard InChI is InChI=1S/C16H13BrFN3/c17-11-7-15-13(8-12(11)18)20-16(19)21(15)14-6-10(14)9-4-2-1-3-5-9/h1-5,7-8,10,14H,6H2,(H2,19,20). The first-order valence-electron chi connectivity index (χ1n) is 6.82. The molecule has 4 rings (SSSR count). The highest BCUT2D eigenvalue weighted by molar-refractivity contribution is 9.10. The highest BCUT2D eigenvalue weighted by Gasteiger charge is 2.41. The topological polar surface area (TPSA) is 43.8 Å². The largest absolute Gasteiger partial charge is 0.369 e. The summed E-state index contributed by atoms with van der Waals surface area (Å²) < 4.78 is 16.1. The minimum atomic E-state index is -0.317. The van der Waals surface area contributed by atoms with Gasteiger partial charge in [-0.15, -0.1) is 0 Å². The summed E-state index contributed by atoms with van der Waals surface area (Å²) in [6.07, 6.45) is 1.04. The second-order valence-corrected chi connectivity index (χ2v) is 6.27. The zero-order valence-corrected chi connectivity index (χ0v) is 12.7. The quantitative estimate of drug-likeness (QED) is 0.754. The lowest BCUT2D eigenvalue weighted by Crippen LogP contribution is -2.02. The summed E-state index contributed by atoms with van der Waals surface area (Å²) in [6, 6.07) is 13.9. The van der Waals surface area contributed by atoms with Gasteiger partial charge in [-0.05, 0) is 34.0 Å². The van der Waals surface area contributed by atoms with Crippen LogP contribution in [0.2, 0.25) is 0 Å². The number of nitrogen functional groups attached to an aromatic ring is 1. The number of benzene rings is 2. The van der Waals surface area contributed by atoms with E-state index in [1.54, 1.807) is 6.07 Å². The average molecular weight is 346 g/mol. The molecule has 1 aliphatic carbocycles. The van der Waals surface area contributed by atoms with Crippen molar-refractivity contribution in [3.8, 4) is 0 Å². The van der Waals surface area contributed by atoms with Gasteiger partial charge in [0.15, 0.2) is 0 Å². The minimum Gasteiger partial charge on any atom is -0.369 e. The molecule has 0 spiro atoms. The van der Waals surface area contributed by atoms with Crippen LogP contribution in [0, 0.1) is 5.82 Å². The monoisotopic (exact) mass is 345 g/mol. The molecule has 3 nitrogen and oxygen atoms in total. The van der Waals surface area contributed by atoms with Crippen molar-refractivity contribution < 1.29 is 4.39 Å². The molecule has 2 N–H and O–H groups in total. The van der Waals surface area contributed by atoms with Gasteiger partial charge in [0.25, 0.3) is 0 Å². The van der Waals surface area contributed by atoms with Crippen LogP contribution in [0.4, 0.5) is 10.3 Å². The van der Waals surface area contributed by atoms with E-state index in [4.69, 9.17) is 5.73 Å². The fourth-order valence-electron chi connectivity index (χ4n) is 2.98. The highest BCUT2D eigenvalue weighted by atomic mass is 79.9. The van der Waals surface area contributed by atoms with Crippen LogP contribution >= 0.6 is 15.9 Å². The highest BCUT2D eigenvalue weighted by Crippen LogP contribution is 2.53. The van der Waals surface area contributed by atoms with Crippen molar-refractivity contribution in [2.45, 2.75) is 18.4 Å². The molecule has 1 aliphatic rings. The average Bonchev–Trinajstić information content (AvgIpc) is 3.19. The third-order valence-corrected chi connectivity index (χ3v) is 4.68. The Balaban J connectivity index is 1.78. The molecule has 1 saturated carbocycles. The van der Waals surface area contributed by atoms with Gasteiger partial charge < -0.3 is 10.3 Å². The summed E-state index contributed by atoms with van der Waals surface area (Å²) in [4.78, 5) is 4.28. The Kier molecular flexibility index (Phi) is 2.79. The second-order valence-electron chi connectivity index (χ2n) is 5.42. The van der Waals surface area contributed by atoms with Crippen molar-refractivity contribution in [2.75, 3.05) is 5.73 Å². The van der Waals surface area contributed by atoms with Gasteiger partial charge in [0, 0.05) is 18.0 Å². The van der Waals surface area contributed by atoms with Crippen LogP contribution in [-0.2, 0) is 0 Å². The van der Waals surface area contributed by atoms with Gasteiger partial charge in [-0.3, -0.25) is 0 Å². The molecule has 0 saturated heterocycles. The molecule has 2 aromatic carbocycles. The molecule has 106 valence electrons. The van der Waals surface area contributed by atoms with Gasteiger partial charge in [-0.2, -0.15) is 0 Å². The molecular formula is C16H13BrFN3. The van der Waals surface area contributed by atoms with Gasteiger partial charge in [0.05, 0.1) is 15.5 Å². The van der Waals surface area contributed by atoms with Crippen LogP contribution in [0.15, 0.2) is 46.9 Å². The SMILES string of the molecule is Nc1nc2cc(F)c(Br)cc2n1C1CC1c1ccccc1. The number of aromatic nitrogens is 2. The Bertz CT molecular complexity index is 828. The third-order valence-electron chi connectivity index (χ3n) is 4.07. The summed E-state index contributed by atoms with van der Waals surface area (Å²) >= 11 is 3.23. The number of hydrogen-bond donors (Lipinski definition) is 1. The molecule has 2 atom stereocenters. The van der Waals surface area contributed by atoms with E-state index in [-0.39, 0.29) is 5.82 Å². The lowest BCUT2D eigenvalue weighted by Gasteiger charge is -2.06. The molecule has 1 fully saturated rings. The van der Waals surface area contributed by atoms with Crippen LogP contribution in [0.3, 0.4) is 0 Å². The molecule has 3 aromatic rings. The normalized spacial score (nSPS) is 20.9. The zero-order valence-electron chi connectivity index (χ0n) is 11.1. The summed E-state index contributed by atoms with van der Waals surface area (Å²) in [5.74, 6) is 0.586. The first-order chi connectivity index (χ1) is 10.1. The molecule has 0 amide bonds.